The third-order valence-corrected chi connectivity index (χ3v) is 4.98. The van der Waals surface area contributed by atoms with E-state index in [4.69, 9.17) is 21.7 Å². The maximum Gasteiger partial charge on any atom is 0.328 e. The maximum atomic E-state index is 12.9. The molecule has 4 unspecified atom stereocenters. The van der Waals surface area contributed by atoms with Crippen LogP contribution in [0.2, 0.25) is 0 Å². The van der Waals surface area contributed by atoms with Crippen molar-refractivity contribution in [2.24, 2.45) is 11.5 Å². The van der Waals surface area contributed by atoms with Gasteiger partial charge >= 0.3 is 23.9 Å². The zero-order chi connectivity index (χ0) is 28.5. The molecule has 0 saturated carbocycles. The number of aliphatic carboxylic acids is 2. The van der Waals surface area contributed by atoms with Gasteiger partial charge < -0.3 is 47.1 Å². The number of unbranched alkanes of at least 4 members (excludes halogenated alkanes) is 1. The van der Waals surface area contributed by atoms with Gasteiger partial charge in [0.1, 0.15) is 12.1 Å². The zero-order valence-corrected chi connectivity index (χ0v) is 20.7. The molecule has 0 fully saturated rings. The molecule has 0 aromatic heterocycles. The van der Waals surface area contributed by atoms with Gasteiger partial charge in [0.15, 0.2) is 0 Å². The van der Waals surface area contributed by atoms with Crippen molar-refractivity contribution in [1.29, 1.82) is 0 Å². The van der Waals surface area contributed by atoms with Crippen LogP contribution in [0.25, 0.3) is 0 Å². The van der Waals surface area contributed by atoms with Crippen molar-refractivity contribution in [3.05, 3.63) is 0 Å². The van der Waals surface area contributed by atoms with Gasteiger partial charge in [-0.3, -0.25) is 28.8 Å². The molecule has 0 aromatic rings. The first kappa shape index (κ1) is 33.2. The van der Waals surface area contributed by atoms with Gasteiger partial charge in [-0.25, -0.2) is 4.79 Å². The van der Waals surface area contributed by atoms with Crippen LogP contribution in [0.1, 0.15) is 44.9 Å². The van der Waals surface area contributed by atoms with Crippen LogP contribution in [0, 0.1) is 0 Å². The molecule has 9 N–H and O–H groups in total. The van der Waals surface area contributed by atoms with Crippen LogP contribution in [0.5, 0.6) is 0 Å². The van der Waals surface area contributed by atoms with Crippen molar-refractivity contribution in [2.75, 3.05) is 20.8 Å². The first-order valence-electron chi connectivity index (χ1n) is 11.3. The summed E-state index contributed by atoms with van der Waals surface area (Å²) in [6.07, 6.45) is -1.03. The Morgan fingerprint density at radius 1 is 0.730 bits per heavy atom. The summed E-state index contributed by atoms with van der Waals surface area (Å²) in [6.45, 7) is 0.0941. The minimum Gasteiger partial charge on any atom is -0.481 e. The van der Waals surface area contributed by atoms with E-state index >= 15 is 0 Å². The predicted molar refractivity (Wildman–Crippen MR) is 124 cm³/mol. The lowest BCUT2D eigenvalue weighted by Gasteiger charge is -2.23. The molecule has 0 heterocycles. The molecular formula is C21H35N5O11. The normalized spacial score (nSPS) is 13.7. The van der Waals surface area contributed by atoms with Crippen LogP contribution >= 0.6 is 0 Å². The van der Waals surface area contributed by atoms with Gasteiger partial charge in [-0.1, -0.05) is 0 Å². The maximum absolute atomic E-state index is 12.9. The number of carbonyl (C=O) groups is 7. The molecule has 0 aliphatic rings. The Balaban J connectivity index is 5.21. The van der Waals surface area contributed by atoms with E-state index in [9.17, 15) is 33.6 Å². The number of nitrogens with two attached hydrogens (primary N) is 2. The number of amides is 3. The van der Waals surface area contributed by atoms with Crippen LogP contribution < -0.4 is 27.4 Å². The molecule has 0 aliphatic carbocycles. The molecule has 4 atom stereocenters. The summed E-state index contributed by atoms with van der Waals surface area (Å²) in [5.41, 5.74) is 11.0. The quantitative estimate of drug-likeness (QED) is 0.0683. The van der Waals surface area contributed by atoms with Gasteiger partial charge in [0.2, 0.25) is 17.7 Å². The van der Waals surface area contributed by atoms with E-state index in [1.54, 1.807) is 0 Å². The van der Waals surface area contributed by atoms with Crippen LogP contribution in [0.15, 0.2) is 0 Å². The number of carboxylic acid groups (broad SMARTS) is 2. The molecule has 0 saturated heterocycles. The molecule has 0 spiro atoms. The van der Waals surface area contributed by atoms with Gasteiger partial charge in [0, 0.05) is 13.0 Å². The monoisotopic (exact) mass is 533 g/mol. The number of methoxy groups -OCH3 is 2. The summed E-state index contributed by atoms with van der Waals surface area (Å²) in [4.78, 5) is 81.9. The summed E-state index contributed by atoms with van der Waals surface area (Å²) in [7, 11) is 2.24. The molecule has 3 amide bonds. The van der Waals surface area contributed by atoms with Crippen LogP contribution in [0.3, 0.4) is 0 Å². The second-order valence-electron chi connectivity index (χ2n) is 7.96. The smallest absolute Gasteiger partial charge is 0.328 e. The zero-order valence-electron chi connectivity index (χ0n) is 20.7. The Morgan fingerprint density at radius 3 is 1.78 bits per heavy atom. The summed E-state index contributed by atoms with van der Waals surface area (Å²) in [5, 5.41) is 24.7. The van der Waals surface area contributed by atoms with Crippen molar-refractivity contribution in [1.82, 2.24) is 16.0 Å². The minimum atomic E-state index is -1.45. The number of ether oxygens (including phenoxy) is 2. The van der Waals surface area contributed by atoms with Gasteiger partial charge in [0.25, 0.3) is 0 Å². The number of esters is 2. The van der Waals surface area contributed by atoms with E-state index in [0.717, 1.165) is 14.2 Å². The largest absolute Gasteiger partial charge is 0.481 e. The number of hydrogen-bond acceptors (Lipinski definition) is 11. The van der Waals surface area contributed by atoms with E-state index in [2.05, 4.69) is 25.4 Å². The van der Waals surface area contributed by atoms with Gasteiger partial charge in [0.05, 0.1) is 39.1 Å². The average Bonchev–Trinajstić information content (AvgIpc) is 2.83. The number of nitrogens with one attached hydrogen (secondary N) is 3. The SMILES string of the molecule is COC(=O)CCC(NC(=O)C(CCCCNC(=O)C(N)CC(=O)O)NC(=O)C(N)CC(=O)O)C(=O)OC. The van der Waals surface area contributed by atoms with Crippen molar-refractivity contribution >= 4 is 41.6 Å². The van der Waals surface area contributed by atoms with Gasteiger partial charge in [-0.05, 0) is 25.7 Å². The molecule has 210 valence electrons. The third-order valence-electron chi connectivity index (χ3n) is 4.98. The number of rotatable bonds is 18. The Kier molecular flexibility index (Phi) is 15.8. The molecule has 37 heavy (non-hydrogen) atoms. The summed E-state index contributed by atoms with van der Waals surface area (Å²) >= 11 is 0. The van der Waals surface area contributed by atoms with Crippen LogP contribution in [-0.4, -0.2) is 96.7 Å². The highest BCUT2D eigenvalue weighted by Gasteiger charge is 2.29. The predicted octanol–water partition coefficient (Wildman–Crippen LogP) is -3.03. The molecule has 0 bridgehead atoms. The Morgan fingerprint density at radius 2 is 1.27 bits per heavy atom. The fraction of sp³-hybridized carbons (Fsp3) is 0.667. The number of hydrogen-bond donors (Lipinski definition) is 7. The van der Waals surface area contributed by atoms with E-state index in [1.807, 2.05) is 0 Å². The van der Waals surface area contributed by atoms with Crippen LogP contribution in [-0.2, 0) is 43.0 Å². The third kappa shape index (κ3) is 14.4. The first-order chi connectivity index (χ1) is 17.3. The highest BCUT2D eigenvalue weighted by molar-refractivity contribution is 5.93. The summed E-state index contributed by atoms with van der Waals surface area (Å²) in [5.74, 6) is -6.43. The lowest BCUT2D eigenvalue weighted by molar-refractivity contribution is -0.147. The second-order valence-corrected chi connectivity index (χ2v) is 7.96. The Hall–Kier alpha value is -3.79. The highest BCUT2D eigenvalue weighted by atomic mass is 16.5. The molecule has 0 rings (SSSR count). The summed E-state index contributed by atoms with van der Waals surface area (Å²) < 4.78 is 9.15. The fourth-order valence-electron chi connectivity index (χ4n) is 2.95. The van der Waals surface area contributed by atoms with E-state index < -0.39 is 78.6 Å². The first-order valence-corrected chi connectivity index (χ1v) is 11.3. The van der Waals surface area contributed by atoms with E-state index in [1.165, 1.54) is 0 Å². The fourth-order valence-corrected chi connectivity index (χ4v) is 2.95. The molecular weight excluding hydrogens is 498 g/mol. The Labute approximate surface area is 212 Å². The lowest BCUT2D eigenvalue weighted by Crippen LogP contribution is -2.54. The minimum absolute atomic E-state index is 0.000685. The number of carbonyl (C=O) groups excluding carboxylic acids is 5. The lowest BCUT2D eigenvalue weighted by atomic mass is 10.1. The highest BCUT2D eigenvalue weighted by Crippen LogP contribution is 2.07. The molecule has 0 radical (unpaired) electrons. The molecule has 16 heteroatoms. The number of carboxylic acids is 2. The summed E-state index contributed by atoms with van der Waals surface area (Å²) in [6, 6.07) is -5.16. The van der Waals surface area contributed by atoms with Gasteiger partial charge in [-0.15, -0.1) is 0 Å². The van der Waals surface area contributed by atoms with E-state index in [-0.39, 0.29) is 32.2 Å². The van der Waals surface area contributed by atoms with E-state index in [0.29, 0.717) is 6.42 Å². The van der Waals surface area contributed by atoms with Gasteiger partial charge in [-0.2, -0.15) is 0 Å². The van der Waals surface area contributed by atoms with Crippen molar-refractivity contribution in [2.45, 2.75) is 69.1 Å². The second kappa shape index (κ2) is 17.6. The van der Waals surface area contributed by atoms with Crippen molar-refractivity contribution in [3.8, 4) is 0 Å². The average molecular weight is 534 g/mol. The molecule has 16 nitrogen and oxygen atoms in total. The molecule has 0 aromatic carbocycles. The topological polar surface area (TPSA) is 267 Å². The standard InChI is InChI=1S/C21H35N5O11/c1-36-17(31)7-6-14(21(35)37-2)26-20(34)13(25-19(33)12(23)10-16(29)30)5-3-4-8-24-18(32)11(22)9-15(27)28/h11-14H,3-10,22-23H2,1-2H3,(H,24,32)(H,25,33)(H,26,34)(H,27,28)(H,29,30). The van der Waals surface area contributed by atoms with Crippen LogP contribution in [0.4, 0.5) is 0 Å². The molecule has 0 aliphatic heterocycles. The van der Waals surface area contributed by atoms with Crippen molar-refractivity contribution < 1.29 is 53.2 Å². The Bertz CT molecular complexity index is 836. The van der Waals surface area contributed by atoms with Crippen molar-refractivity contribution in [3.63, 3.8) is 0 Å².